The van der Waals surface area contributed by atoms with Crippen molar-refractivity contribution in [1.29, 1.82) is 0 Å². The molecule has 0 saturated carbocycles. The van der Waals surface area contributed by atoms with E-state index in [2.05, 4.69) is 27.9 Å². The maximum atomic E-state index is 15.0. The molecule has 1 unspecified atom stereocenters. The van der Waals surface area contributed by atoms with Gasteiger partial charge in [0.05, 0.1) is 25.3 Å². The molecule has 1 saturated heterocycles. The Hall–Kier alpha value is -3.53. The largest absolute Gasteiger partial charge is 0.485 e. The lowest BCUT2D eigenvalue weighted by atomic mass is 9.91. The molecule has 2 aliphatic rings. The number of piperazine rings is 1. The third-order valence-electron chi connectivity index (χ3n) is 8.06. The van der Waals surface area contributed by atoms with Gasteiger partial charge in [-0.3, -0.25) is 9.69 Å². The number of hydrogen-bond donors (Lipinski definition) is 2. The summed E-state index contributed by atoms with van der Waals surface area (Å²) in [4.78, 5) is 20.1. The van der Waals surface area contributed by atoms with Crippen LogP contribution in [-0.2, 0) is 17.8 Å². The number of aliphatic hydroxyl groups excluding tert-OH is 1. The maximum absolute atomic E-state index is 15.0. The Morgan fingerprint density at radius 3 is 2.65 bits per heavy atom. The van der Waals surface area contributed by atoms with Crippen LogP contribution in [0.5, 0.6) is 11.6 Å². The van der Waals surface area contributed by atoms with Gasteiger partial charge in [0.15, 0.2) is 0 Å². The van der Waals surface area contributed by atoms with Gasteiger partial charge in [-0.1, -0.05) is 30.3 Å². The number of likely N-dealkylation sites (N-methyl/N-ethyl adjacent to an activating group) is 1. The van der Waals surface area contributed by atoms with Crippen molar-refractivity contribution in [1.82, 2.24) is 14.8 Å². The average Bonchev–Trinajstić information content (AvgIpc) is 2.97. The molecule has 212 valence electrons. The second-order valence-electron chi connectivity index (χ2n) is 10.8. The summed E-state index contributed by atoms with van der Waals surface area (Å²) < 4.78 is 26.7. The minimum Gasteiger partial charge on any atom is -0.485 e. The Morgan fingerprint density at radius 1 is 1.15 bits per heavy atom. The molecule has 0 aliphatic carbocycles. The number of methoxy groups -OCH3 is 1. The second-order valence-corrected chi connectivity index (χ2v) is 10.8. The number of carboxylic acid groups (broad SMARTS) is 1. The highest BCUT2D eigenvalue weighted by Gasteiger charge is 2.27. The van der Waals surface area contributed by atoms with Crippen molar-refractivity contribution in [3.63, 3.8) is 0 Å². The second kappa shape index (κ2) is 11.9. The molecule has 3 aromatic rings. The fourth-order valence-electron chi connectivity index (χ4n) is 5.42. The van der Waals surface area contributed by atoms with Crippen molar-refractivity contribution in [2.45, 2.75) is 38.5 Å². The minimum absolute atomic E-state index is 0.228. The number of carbonyl (C=O) groups is 1. The summed E-state index contributed by atoms with van der Waals surface area (Å²) in [7, 11) is 3.64. The number of carboxylic acids is 1. The van der Waals surface area contributed by atoms with Gasteiger partial charge in [0.25, 0.3) is 0 Å². The molecular weight excluding hydrogens is 513 g/mol. The highest BCUT2D eigenvalue weighted by molar-refractivity contribution is 5.71. The summed E-state index contributed by atoms with van der Waals surface area (Å²) in [6.45, 7) is 5.97. The Morgan fingerprint density at radius 2 is 1.93 bits per heavy atom. The van der Waals surface area contributed by atoms with Crippen molar-refractivity contribution >= 4 is 5.97 Å². The number of rotatable bonds is 8. The number of fused-ring (bicyclic) bond motifs is 1. The smallest absolute Gasteiger partial charge is 0.309 e. The lowest BCUT2D eigenvalue weighted by Crippen LogP contribution is -2.43. The number of hydrogen-bond acceptors (Lipinski definition) is 7. The number of aryl methyl sites for hydroxylation is 1. The zero-order chi connectivity index (χ0) is 28.4. The standard InChI is InChI=1S/C31H36FN3O5/c1-19(31(37)38)30(36)22-5-4-20-7-9-27(40-28(20)15-22)21-6-8-24(25-16-29(39-3)33-17-26(25)32)23(14-21)18-35-12-10-34(2)11-13-35/h4-6,8,14-17,19,27,30,36H,7,9-13,18H2,1-3H3,(H,37,38)/t19-,27?,30+/m0/s1. The summed E-state index contributed by atoms with van der Waals surface area (Å²) in [6, 6.07) is 13.1. The van der Waals surface area contributed by atoms with Crippen LogP contribution >= 0.6 is 0 Å². The van der Waals surface area contributed by atoms with Crippen molar-refractivity contribution in [3.8, 4) is 22.8 Å². The number of halogens is 1. The SMILES string of the molecule is COc1cc(-c2ccc(C3CCc4ccc([C@H](O)[C@H](C)C(=O)O)cc4O3)cc2CN2CCN(C)CC2)c(F)cn1. The van der Waals surface area contributed by atoms with Gasteiger partial charge < -0.3 is 24.6 Å². The minimum atomic E-state index is -1.13. The lowest BCUT2D eigenvalue weighted by molar-refractivity contribution is -0.145. The highest BCUT2D eigenvalue weighted by Crippen LogP contribution is 2.39. The molecule has 40 heavy (non-hydrogen) atoms. The van der Waals surface area contributed by atoms with E-state index in [0.29, 0.717) is 29.3 Å². The molecule has 2 aliphatic heterocycles. The van der Waals surface area contributed by atoms with Crippen LogP contribution in [0.25, 0.3) is 11.1 Å². The van der Waals surface area contributed by atoms with Crippen molar-refractivity contribution in [2.75, 3.05) is 40.3 Å². The molecule has 9 heteroatoms. The molecule has 5 rings (SSSR count). The molecule has 0 radical (unpaired) electrons. The first-order valence-electron chi connectivity index (χ1n) is 13.7. The molecule has 1 fully saturated rings. The fourth-order valence-corrected chi connectivity index (χ4v) is 5.42. The van der Waals surface area contributed by atoms with E-state index in [4.69, 9.17) is 9.47 Å². The number of ether oxygens (including phenoxy) is 2. The first-order chi connectivity index (χ1) is 19.2. The van der Waals surface area contributed by atoms with Crippen LogP contribution in [0.1, 0.15) is 47.8 Å². The van der Waals surface area contributed by atoms with E-state index in [0.717, 1.165) is 61.3 Å². The first kappa shape index (κ1) is 28.0. The van der Waals surface area contributed by atoms with Crippen LogP contribution < -0.4 is 9.47 Å². The van der Waals surface area contributed by atoms with Gasteiger partial charge in [-0.2, -0.15) is 0 Å². The van der Waals surface area contributed by atoms with Crippen LogP contribution in [0.15, 0.2) is 48.7 Å². The third kappa shape index (κ3) is 5.96. The summed E-state index contributed by atoms with van der Waals surface area (Å²) >= 11 is 0. The molecule has 2 aromatic carbocycles. The molecule has 2 N–H and O–H groups in total. The average molecular weight is 550 g/mol. The van der Waals surface area contributed by atoms with Gasteiger partial charge in [-0.15, -0.1) is 0 Å². The maximum Gasteiger partial charge on any atom is 0.309 e. The number of nitrogens with zero attached hydrogens (tertiary/aromatic N) is 3. The van der Waals surface area contributed by atoms with Crippen molar-refractivity contribution in [3.05, 3.63) is 76.7 Å². The van der Waals surface area contributed by atoms with Gasteiger partial charge in [0, 0.05) is 44.4 Å². The molecule has 1 aromatic heterocycles. The molecule has 3 atom stereocenters. The Kier molecular flexibility index (Phi) is 8.35. The quantitative estimate of drug-likeness (QED) is 0.425. The van der Waals surface area contributed by atoms with Gasteiger partial charge in [0.2, 0.25) is 5.88 Å². The van der Waals surface area contributed by atoms with E-state index < -0.39 is 23.8 Å². The van der Waals surface area contributed by atoms with E-state index in [1.807, 2.05) is 18.2 Å². The normalized spacial score (nSPS) is 19.4. The molecule has 0 bridgehead atoms. The Bertz CT molecular complexity index is 1380. The van der Waals surface area contributed by atoms with Crippen LogP contribution in [0, 0.1) is 11.7 Å². The Balaban J connectivity index is 1.46. The summed E-state index contributed by atoms with van der Waals surface area (Å²) in [5.74, 6) is -1.39. The van der Waals surface area contributed by atoms with E-state index in [9.17, 15) is 15.0 Å². The van der Waals surface area contributed by atoms with Crippen LogP contribution in [-0.4, -0.2) is 71.3 Å². The van der Waals surface area contributed by atoms with Crippen LogP contribution in [0.3, 0.4) is 0 Å². The molecule has 3 heterocycles. The molecule has 0 amide bonds. The van der Waals surface area contributed by atoms with Gasteiger partial charge in [0.1, 0.15) is 17.7 Å². The van der Waals surface area contributed by atoms with Crippen molar-refractivity contribution in [2.24, 2.45) is 5.92 Å². The zero-order valence-corrected chi connectivity index (χ0v) is 23.1. The summed E-state index contributed by atoms with van der Waals surface area (Å²) in [6.07, 6.45) is 1.39. The molecule has 8 nitrogen and oxygen atoms in total. The third-order valence-corrected chi connectivity index (χ3v) is 8.06. The number of pyridine rings is 1. The van der Waals surface area contributed by atoms with Gasteiger partial charge >= 0.3 is 5.97 Å². The summed E-state index contributed by atoms with van der Waals surface area (Å²) in [5, 5.41) is 19.9. The summed E-state index contributed by atoms with van der Waals surface area (Å²) in [5.41, 5.74) is 4.78. The van der Waals surface area contributed by atoms with Crippen molar-refractivity contribution < 1.29 is 28.9 Å². The Labute approximate surface area is 234 Å². The zero-order valence-electron chi connectivity index (χ0n) is 23.1. The number of aliphatic carboxylic acids is 1. The van der Waals surface area contributed by atoms with Gasteiger partial charge in [-0.05, 0) is 60.7 Å². The van der Waals surface area contributed by atoms with E-state index >= 15 is 4.39 Å². The lowest BCUT2D eigenvalue weighted by Gasteiger charge is -2.33. The highest BCUT2D eigenvalue weighted by atomic mass is 19.1. The van der Waals surface area contributed by atoms with E-state index in [1.54, 1.807) is 18.2 Å². The molecular formula is C31H36FN3O5. The molecule has 0 spiro atoms. The number of aliphatic hydroxyl groups is 1. The number of aromatic nitrogens is 1. The predicted octanol–water partition coefficient (Wildman–Crippen LogP) is 4.46. The van der Waals surface area contributed by atoms with Crippen LogP contribution in [0.2, 0.25) is 0 Å². The van der Waals surface area contributed by atoms with E-state index in [1.165, 1.54) is 20.2 Å². The van der Waals surface area contributed by atoms with Gasteiger partial charge in [-0.25, -0.2) is 9.37 Å². The van der Waals surface area contributed by atoms with E-state index in [-0.39, 0.29) is 6.10 Å². The predicted molar refractivity (Wildman–Crippen MR) is 149 cm³/mol. The topological polar surface area (TPSA) is 95.4 Å². The number of benzene rings is 2. The first-order valence-corrected chi connectivity index (χ1v) is 13.7. The van der Waals surface area contributed by atoms with Crippen LogP contribution in [0.4, 0.5) is 4.39 Å². The fraction of sp³-hybridized carbons (Fsp3) is 0.419. The monoisotopic (exact) mass is 549 g/mol.